The molecule has 1 amide bonds. The van der Waals surface area contributed by atoms with Crippen molar-refractivity contribution in [2.75, 3.05) is 0 Å². The molecular formula is C13H17ClN2OS. The summed E-state index contributed by atoms with van der Waals surface area (Å²) in [5.74, 6) is -0.0705. The van der Waals surface area contributed by atoms with Crippen molar-refractivity contribution in [2.24, 2.45) is 11.7 Å². The maximum absolute atomic E-state index is 12.1. The van der Waals surface area contributed by atoms with E-state index >= 15 is 0 Å². The van der Waals surface area contributed by atoms with Crippen LogP contribution in [-0.2, 0) is 0 Å². The van der Waals surface area contributed by atoms with Crippen LogP contribution in [0.4, 0.5) is 0 Å². The van der Waals surface area contributed by atoms with Crippen molar-refractivity contribution in [2.45, 2.75) is 26.8 Å². The van der Waals surface area contributed by atoms with Crippen LogP contribution in [-0.4, -0.2) is 16.9 Å². The molecule has 0 spiro atoms. The fraction of sp³-hybridized carbons (Fsp3) is 0.385. The molecule has 0 heterocycles. The van der Waals surface area contributed by atoms with E-state index in [1.807, 2.05) is 20.8 Å². The predicted molar refractivity (Wildman–Crippen MR) is 79.1 cm³/mol. The molecule has 0 fully saturated rings. The van der Waals surface area contributed by atoms with Crippen LogP contribution in [0.3, 0.4) is 0 Å². The monoisotopic (exact) mass is 284 g/mol. The zero-order valence-corrected chi connectivity index (χ0v) is 12.2. The lowest BCUT2D eigenvalue weighted by Gasteiger charge is -2.21. The van der Waals surface area contributed by atoms with Crippen molar-refractivity contribution in [1.82, 2.24) is 5.32 Å². The Morgan fingerprint density at radius 3 is 2.44 bits per heavy atom. The van der Waals surface area contributed by atoms with Crippen LogP contribution in [0.25, 0.3) is 0 Å². The second kappa shape index (κ2) is 6.16. The molecule has 1 atom stereocenters. The summed E-state index contributed by atoms with van der Waals surface area (Å²) in [4.78, 5) is 12.4. The van der Waals surface area contributed by atoms with E-state index < -0.39 is 0 Å². The number of carbonyl (C=O) groups excluding carboxylic acids is 1. The van der Waals surface area contributed by atoms with E-state index in [4.69, 9.17) is 29.6 Å². The Balaban J connectivity index is 2.90. The maximum Gasteiger partial charge on any atom is 0.251 e. The molecule has 1 aromatic rings. The van der Waals surface area contributed by atoms with Gasteiger partial charge in [0.25, 0.3) is 5.91 Å². The minimum absolute atomic E-state index is 0.145. The molecule has 18 heavy (non-hydrogen) atoms. The number of carbonyl (C=O) groups is 1. The molecule has 0 saturated carbocycles. The van der Waals surface area contributed by atoms with Gasteiger partial charge >= 0.3 is 0 Å². The Labute approximate surface area is 118 Å². The highest BCUT2D eigenvalue weighted by molar-refractivity contribution is 7.80. The molecule has 0 radical (unpaired) electrons. The molecule has 0 aliphatic carbocycles. The first-order chi connectivity index (χ1) is 8.31. The highest BCUT2D eigenvalue weighted by atomic mass is 35.5. The molecule has 3 nitrogen and oxygen atoms in total. The number of hydrogen-bond acceptors (Lipinski definition) is 2. The molecule has 3 N–H and O–H groups in total. The number of nitrogens with one attached hydrogen (secondary N) is 1. The highest BCUT2D eigenvalue weighted by Crippen LogP contribution is 2.15. The summed E-state index contributed by atoms with van der Waals surface area (Å²) in [5.41, 5.74) is 7.06. The van der Waals surface area contributed by atoms with Crippen molar-refractivity contribution in [3.63, 3.8) is 0 Å². The van der Waals surface area contributed by atoms with Gasteiger partial charge in [0.05, 0.1) is 11.0 Å². The van der Waals surface area contributed by atoms with E-state index in [1.165, 1.54) is 0 Å². The quantitative estimate of drug-likeness (QED) is 0.836. The summed E-state index contributed by atoms with van der Waals surface area (Å²) in [7, 11) is 0. The van der Waals surface area contributed by atoms with E-state index in [-0.39, 0.29) is 22.9 Å². The summed E-state index contributed by atoms with van der Waals surface area (Å²) >= 11 is 10.9. The maximum atomic E-state index is 12.1. The number of halogens is 1. The van der Waals surface area contributed by atoms with Gasteiger partial charge in [-0.05, 0) is 36.6 Å². The summed E-state index contributed by atoms with van der Waals surface area (Å²) < 4.78 is 0. The Morgan fingerprint density at radius 1 is 1.39 bits per heavy atom. The van der Waals surface area contributed by atoms with Gasteiger partial charge in [0.2, 0.25) is 0 Å². The second-order valence-corrected chi connectivity index (χ2v) is 5.52. The molecule has 1 unspecified atom stereocenters. The lowest BCUT2D eigenvalue weighted by atomic mass is 10.0. The fourth-order valence-corrected chi connectivity index (χ4v) is 2.28. The van der Waals surface area contributed by atoms with Gasteiger partial charge in [-0.25, -0.2) is 0 Å². The Bertz CT molecular complexity index is 454. The summed E-state index contributed by atoms with van der Waals surface area (Å²) in [6, 6.07) is 4.89. The largest absolute Gasteiger partial charge is 0.392 e. The van der Waals surface area contributed by atoms with Gasteiger partial charge in [-0.1, -0.05) is 37.7 Å². The van der Waals surface area contributed by atoms with E-state index in [9.17, 15) is 4.79 Å². The highest BCUT2D eigenvalue weighted by Gasteiger charge is 2.19. The second-order valence-electron chi connectivity index (χ2n) is 4.61. The molecule has 0 aliphatic heterocycles. The van der Waals surface area contributed by atoms with Gasteiger partial charge in [-0.15, -0.1) is 0 Å². The number of hydrogen-bond donors (Lipinski definition) is 2. The van der Waals surface area contributed by atoms with Crippen LogP contribution in [0.2, 0.25) is 5.02 Å². The van der Waals surface area contributed by atoms with Gasteiger partial charge in [0.15, 0.2) is 0 Å². The average Bonchev–Trinajstić information content (AvgIpc) is 2.23. The minimum atomic E-state index is -0.313. The normalized spacial score (nSPS) is 12.3. The number of thiocarbonyl (C=S) groups is 1. The number of rotatable bonds is 4. The summed E-state index contributed by atoms with van der Waals surface area (Å²) in [6.07, 6.45) is 0. The molecule has 0 saturated heterocycles. The summed E-state index contributed by atoms with van der Waals surface area (Å²) in [5, 5.41) is 3.36. The van der Waals surface area contributed by atoms with Crippen LogP contribution in [0.15, 0.2) is 18.2 Å². The van der Waals surface area contributed by atoms with Crippen LogP contribution < -0.4 is 11.1 Å². The zero-order valence-electron chi connectivity index (χ0n) is 10.7. The zero-order chi connectivity index (χ0) is 13.9. The third-order valence-corrected chi connectivity index (χ3v) is 3.04. The Hall–Kier alpha value is -1.13. The minimum Gasteiger partial charge on any atom is -0.392 e. The van der Waals surface area contributed by atoms with E-state index in [0.717, 1.165) is 5.56 Å². The van der Waals surface area contributed by atoms with Crippen LogP contribution in [0.1, 0.15) is 29.8 Å². The predicted octanol–water partition coefficient (Wildman–Crippen LogP) is 2.69. The molecule has 5 heteroatoms. The van der Waals surface area contributed by atoms with Crippen molar-refractivity contribution < 1.29 is 4.79 Å². The molecule has 0 aromatic heterocycles. The van der Waals surface area contributed by atoms with E-state index in [1.54, 1.807) is 18.2 Å². The first kappa shape index (κ1) is 14.9. The Morgan fingerprint density at radius 2 is 2.00 bits per heavy atom. The van der Waals surface area contributed by atoms with E-state index in [2.05, 4.69) is 5.32 Å². The van der Waals surface area contributed by atoms with Gasteiger partial charge in [0.1, 0.15) is 0 Å². The smallest absolute Gasteiger partial charge is 0.251 e. The van der Waals surface area contributed by atoms with Gasteiger partial charge in [-0.2, -0.15) is 0 Å². The lowest BCUT2D eigenvalue weighted by Crippen LogP contribution is -2.46. The molecule has 98 valence electrons. The van der Waals surface area contributed by atoms with Gasteiger partial charge in [-0.3, -0.25) is 4.79 Å². The first-order valence-corrected chi connectivity index (χ1v) is 6.47. The van der Waals surface area contributed by atoms with Crippen molar-refractivity contribution in [3.8, 4) is 0 Å². The van der Waals surface area contributed by atoms with Crippen LogP contribution in [0, 0.1) is 12.8 Å². The third-order valence-electron chi connectivity index (χ3n) is 2.56. The third kappa shape index (κ3) is 3.96. The standard InChI is InChI=1S/C13H17ClN2OS/c1-7(2)11(12(15)18)16-13(17)9-4-8(3)5-10(14)6-9/h4-7,11H,1-3H3,(H2,15,18)(H,16,17). The van der Waals surface area contributed by atoms with Crippen molar-refractivity contribution in [1.29, 1.82) is 0 Å². The molecule has 0 aliphatic rings. The first-order valence-electron chi connectivity index (χ1n) is 5.68. The average molecular weight is 285 g/mol. The number of aryl methyl sites for hydroxylation is 1. The van der Waals surface area contributed by atoms with Crippen LogP contribution in [0.5, 0.6) is 0 Å². The number of benzene rings is 1. The molecule has 0 bridgehead atoms. The Kier molecular flexibility index (Phi) is 5.11. The fourth-order valence-electron chi connectivity index (χ4n) is 1.66. The number of amides is 1. The van der Waals surface area contributed by atoms with Gasteiger partial charge < -0.3 is 11.1 Å². The molecular weight excluding hydrogens is 268 g/mol. The van der Waals surface area contributed by atoms with E-state index in [0.29, 0.717) is 10.6 Å². The number of nitrogens with two attached hydrogens (primary N) is 1. The van der Waals surface area contributed by atoms with Gasteiger partial charge in [0, 0.05) is 10.6 Å². The topological polar surface area (TPSA) is 55.1 Å². The molecule has 1 rings (SSSR count). The van der Waals surface area contributed by atoms with Crippen molar-refractivity contribution >= 4 is 34.7 Å². The SMILES string of the molecule is Cc1cc(Cl)cc(C(=O)NC(C(N)=S)C(C)C)c1. The molecule has 1 aromatic carbocycles. The van der Waals surface area contributed by atoms with Crippen LogP contribution >= 0.6 is 23.8 Å². The summed E-state index contributed by atoms with van der Waals surface area (Å²) in [6.45, 7) is 5.79. The van der Waals surface area contributed by atoms with Crippen molar-refractivity contribution in [3.05, 3.63) is 34.3 Å². The lowest BCUT2D eigenvalue weighted by molar-refractivity contribution is 0.0940.